The lowest BCUT2D eigenvalue weighted by Crippen LogP contribution is -2.44. The number of imidazole rings is 2. The summed E-state index contributed by atoms with van der Waals surface area (Å²) in [7, 11) is 0. The van der Waals surface area contributed by atoms with Crippen LogP contribution in [0, 0.1) is 11.8 Å². The highest BCUT2D eigenvalue weighted by molar-refractivity contribution is 5.86. The highest BCUT2D eigenvalue weighted by Crippen LogP contribution is 2.56. The maximum Gasteiger partial charge on any atom is 0.245 e. The molecule has 4 fully saturated rings. The Bertz CT molecular complexity index is 2650. The van der Waals surface area contributed by atoms with Crippen molar-refractivity contribution in [3.05, 3.63) is 143 Å². The van der Waals surface area contributed by atoms with E-state index in [1.165, 1.54) is 22.4 Å². The number of benzene rings is 4. The number of amides is 2. The van der Waals surface area contributed by atoms with Crippen LogP contribution in [0.4, 0.5) is 0 Å². The summed E-state index contributed by atoms with van der Waals surface area (Å²) in [6, 6.07) is 36.0. The predicted octanol–water partition coefficient (Wildman–Crippen LogP) is 9.72. The van der Waals surface area contributed by atoms with E-state index in [0.717, 1.165) is 110 Å². The number of fused-ring (bicyclic) bond motifs is 5. The second-order valence-electron chi connectivity index (χ2n) is 18.8. The number of aromatic nitrogens is 4. The molecule has 11 rings (SSSR count). The maximum absolute atomic E-state index is 14.7. The number of hydrogen-bond acceptors (Lipinski definition) is 6. The number of nitrogens with zero attached hydrogens (tertiary/aromatic N) is 6. The Morgan fingerprint density at radius 2 is 1.16 bits per heavy atom. The quantitative estimate of drug-likeness (QED) is 0.113. The standard InChI is InChI=1S/C54H60N8O2/c1-5-59(6-2)49(35-15-11-9-12-16-35)53(63)61-44-28-39(44)30-46(61)51-55-32-43(57-51)34-21-19-33(20-22-34)37-23-25-41-38(27-37)24-26-42-48(41)58-52(56-42)47-31-40-29-45(40)62(47)54(64)50(60(7-3)8-4)36-17-13-10-14-18-36/h9-23,25,27,32,39-40,44-47,49-50H,5-8,24,26,28-31H2,1-4H3,(H,55,57)(H,56,58)/t39?,40-,44?,45-,46+,47+,49-,50-/m1/s1. The Morgan fingerprint density at radius 1 is 0.625 bits per heavy atom. The largest absolute Gasteiger partial charge is 0.344 e. The molecule has 5 aliphatic rings. The Hall–Kier alpha value is -5.84. The molecule has 2 amide bonds. The first-order chi connectivity index (χ1) is 31.4. The van der Waals surface area contributed by atoms with Crippen molar-refractivity contribution in [1.29, 1.82) is 0 Å². The van der Waals surface area contributed by atoms with Crippen molar-refractivity contribution in [3.8, 4) is 33.6 Å². The zero-order valence-electron chi connectivity index (χ0n) is 37.6. The van der Waals surface area contributed by atoms with Crippen molar-refractivity contribution in [2.45, 2.75) is 102 Å². The second-order valence-corrected chi connectivity index (χ2v) is 18.8. The van der Waals surface area contributed by atoms with E-state index in [9.17, 15) is 9.59 Å². The summed E-state index contributed by atoms with van der Waals surface area (Å²) in [5.41, 5.74) is 11.2. The van der Waals surface area contributed by atoms with E-state index >= 15 is 0 Å². The number of carbonyl (C=O) groups is 2. The van der Waals surface area contributed by atoms with E-state index in [4.69, 9.17) is 9.97 Å². The van der Waals surface area contributed by atoms with Gasteiger partial charge < -0.3 is 19.8 Å². The second kappa shape index (κ2) is 16.6. The summed E-state index contributed by atoms with van der Waals surface area (Å²) in [4.78, 5) is 55.8. The molecule has 2 saturated carbocycles. The summed E-state index contributed by atoms with van der Waals surface area (Å²) < 4.78 is 0. The third kappa shape index (κ3) is 7.10. The van der Waals surface area contributed by atoms with Gasteiger partial charge in [0.2, 0.25) is 11.8 Å². The number of likely N-dealkylation sites (N-methyl/N-ethyl adjacent to an activating group) is 2. The van der Waals surface area contributed by atoms with Crippen molar-refractivity contribution in [2.24, 2.45) is 11.8 Å². The summed E-state index contributed by atoms with van der Waals surface area (Å²) in [5, 5.41) is 0. The fourth-order valence-electron chi connectivity index (χ4n) is 11.7. The maximum atomic E-state index is 14.7. The van der Waals surface area contributed by atoms with E-state index in [1.807, 2.05) is 42.6 Å². The SMILES string of the molecule is CCN(CC)[C@@H](C(=O)N1C2CC2C[C@H]1c1ncc(-c2ccc(-c3ccc4c(c3)CCc3[nH]c([C@@H]5C[C@H]6C[C@H]6N5C(=O)[C@@H](c5ccccc5)N(CC)CC)nc3-4)cc2)[nH]1)c1ccccc1. The fraction of sp³-hybridized carbons (Fsp3) is 0.407. The molecule has 2 aromatic heterocycles. The van der Waals surface area contributed by atoms with Crippen molar-refractivity contribution in [1.82, 2.24) is 39.5 Å². The van der Waals surface area contributed by atoms with Gasteiger partial charge in [0.25, 0.3) is 0 Å². The molecule has 8 atom stereocenters. The van der Waals surface area contributed by atoms with Crippen molar-refractivity contribution < 1.29 is 9.59 Å². The number of piperidine rings is 2. The van der Waals surface area contributed by atoms with E-state index in [-0.39, 0.29) is 36.0 Å². The Labute approximate surface area is 377 Å². The average molecular weight is 853 g/mol. The van der Waals surface area contributed by atoms with Crippen LogP contribution in [0.15, 0.2) is 109 Å². The molecule has 0 spiro atoms. The molecule has 10 heteroatoms. The van der Waals surface area contributed by atoms with Gasteiger partial charge in [-0.15, -0.1) is 0 Å². The minimum atomic E-state index is -0.302. The van der Waals surface area contributed by atoms with Crippen LogP contribution in [0.2, 0.25) is 0 Å². The van der Waals surface area contributed by atoms with Gasteiger partial charge in [-0.25, -0.2) is 9.97 Å². The molecule has 64 heavy (non-hydrogen) atoms. The first-order valence-electron chi connectivity index (χ1n) is 24.0. The Morgan fingerprint density at radius 3 is 1.72 bits per heavy atom. The van der Waals surface area contributed by atoms with Gasteiger partial charge in [-0.3, -0.25) is 19.4 Å². The van der Waals surface area contributed by atoms with Gasteiger partial charge in [0, 0.05) is 23.3 Å². The highest BCUT2D eigenvalue weighted by Gasteiger charge is 2.57. The number of carbonyl (C=O) groups excluding carboxylic acids is 2. The normalized spacial score (nSPS) is 23.7. The fourth-order valence-corrected chi connectivity index (χ4v) is 11.7. The van der Waals surface area contributed by atoms with Crippen LogP contribution < -0.4 is 0 Å². The predicted molar refractivity (Wildman–Crippen MR) is 251 cm³/mol. The van der Waals surface area contributed by atoms with E-state index < -0.39 is 0 Å². The molecule has 4 aromatic carbocycles. The van der Waals surface area contributed by atoms with Crippen LogP contribution in [0.1, 0.15) is 112 Å². The Balaban J connectivity index is 0.805. The summed E-state index contributed by atoms with van der Waals surface area (Å²) in [6.07, 6.45) is 7.86. The number of hydrogen-bond donors (Lipinski definition) is 2. The molecule has 2 saturated heterocycles. The lowest BCUT2D eigenvalue weighted by atomic mass is 9.89. The van der Waals surface area contributed by atoms with Crippen LogP contribution in [-0.2, 0) is 22.4 Å². The molecule has 2 aliphatic heterocycles. The molecule has 4 heterocycles. The number of likely N-dealkylation sites (tertiary alicyclic amines) is 2. The zero-order valence-corrected chi connectivity index (χ0v) is 37.6. The lowest BCUT2D eigenvalue weighted by molar-refractivity contribution is -0.140. The molecule has 2 N–H and O–H groups in total. The highest BCUT2D eigenvalue weighted by atomic mass is 16.2. The number of aromatic amines is 2. The van der Waals surface area contributed by atoms with Gasteiger partial charge in [0.1, 0.15) is 23.7 Å². The number of aryl methyl sites for hydroxylation is 2. The van der Waals surface area contributed by atoms with Crippen molar-refractivity contribution in [3.63, 3.8) is 0 Å². The molecule has 6 aromatic rings. The number of nitrogens with one attached hydrogen (secondary N) is 2. The summed E-state index contributed by atoms with van der Waals surface area (Å²) in [5.74, 6) is 3.30. The van der Waals surface area contributed by atoms with Gasteiger partial charge in [-0.2, -0.15) is 0 Å². The molecular formula is C54H60N8O2. The first-order valence-corrected chi connectivity index (χ1v) is 24.0. The van der Waals surface area contributed by atoms with E-state index in [0.29, 0.717) is 23.9 Å². The third-order valence-corrected chi connectivity index (χ3v) is 15.3. The van der Waals surface area contributed by atoms with Crippen LogP contribution in [0.3, 0.4) is 0 Å². The van der Waals surface area contributed by atoms with Gasteiger partial charge in [-0.1, -0.05) is 131 Å². The minimum absolute atomic E-state index is 0.0365. The molecule has 0 bridgehead atoms. The molecule has 3 aliphatic carbocycles. The molecular weight excluding hydrogens is 793 g/mol. The Kier molecular flexibility index (Phi) is 10.6. The van der Waals surface area contributed by atoms with Crippen LogP contribution in [-0.4, -0.2) is 89.6 Å². The minimum Gasteiger partial charge on any atom is -0.344 e. The molecule has 0 radical (unpaired) electrons. The lowest BCUT2D eigenvalue weighted by Gasteiger charge is -2.35. The van der Waals surface area contributed by atoms with Gasteiger partial charge in [-0.05, 0) is 110 Å². The zero-order chi connectivity index (χ0) is 43.6. The average Bonchev–Trinajstić information content (AvgIpc) is 3.95. The van der Waals surface area contributed by atoms with Gasteiger partial charge in [0.15, 0.2) is 0 Å². The van der Waals surface area contributed by atoms with Gasteiger partial charge >= 0.3 is 0 Å². The molecule has 328 valence electrons. The van der Waals surface area contributed by atoms with Crippen LogP contribution in [0.25, 0.3) is 33.6 Å². The monoisotopic (exact) mass is 852 g/mol. The number of H-pyrrole nitrogens is 2. The van der Waals surface area contributed by atoms with Crippen molar-refractivity contribution in [2.75, 3.05) is 26.2 Å². The number of rotatable bonds is 14. The van der Waals surface area contributed by atoms with Crippen LogP contribution >= 0.6 is 0 Å². The topological polar surface area (TPSA) is 104 Å². The molecule has 2 unspecified atom stereocenters. The van der Waals surface area contributed by atoms with E-state index in [1.54, 1.807) is 0 Å². The smallest absolute Gasteiger partial charge is 0.245 e. The van der Waals surface area contributed by atoms with Gasteiger partial charge in [0.05, 0.1) is 29.7 Å². The summed E-state index contributed by atoms with van der Waals surface area (Å²) in [6.45, 7) is 11.8. The van der Waals surface area contributed by atoms with Crippen LogP contribution in [0.5, 0.6) is 0 Å². The summed E-state index contributed by atoms with van der Waals surface area (Å²) >= 11 is 0. The van der Waals surface area contributed by atoms with E-state index in [2.05, 4.69) is 124 Å². The van der Waals surface area contributed by atoms with Crippen molar-refractivity contribution >= 4 is 11.8 Å². The first kappa shape index (κ1) is 40.9. The molecule has 10 nitrogen and oxygen atoms in total. The third-order valence-electron chi connectivity index (χ3n) is 15.3.